The molecule has 1 atom stereocenters. The van der Waals surface area contributed by atoms with Gasteiger partial charge in [0.1, 0.15) is 17.1 Å². The van der Waals surface area contributed by atoms with Gasteiger partial charge in [0.2, 0.25) is 0 Å². The SMILES string of the molecule is CSCC[C@H](Nc1nc(-c2ccccc2)nc2c1oc1ccccc12)C(=O)O. The number of furan rings is 1. The summed E-state index contributed by atoms with van der Waals surface area (Å²) >= 11 is 1.61. The van der Waals surface area contributed by atoms with Crippen molar-refractivity contribution in [2.75, 3.05) is 17.3 Å². The number of carboxylic acids is 1. The van der Waals surface area contributed by atoms with Gasteiger partial charge in [-0.2, -0.15) is 11.8 Å². The number of aliphatic carboxylic acids is 1. The Hall–Kier alpha value is -3.06. The normalized spacial score (nSPS) is 12.3. The van der Waals surface area contributed by atoms with E-state index in [2.05, 4.69) is 10.3 Å². The number of carbonyl (C=O) groups is 1. The van der Waals surface area contributed by atoms with E-state index in [9.17, 15) is 9.90 Å². The molecule has 142 valence electrons. The molecular weight excluding hydrogens is 374 g/mol. The minimum Gasteiger partial charge on any atom is -0.480 e. The predicted molar refractivity (Wildman–Crippen MR) is 113 cm³/mol. The molecule has 7 heteroatoms. The molecule has 2 aromatic heterocycles. The van der Waals surface area contributed by atoms with Crippen molar-refractivity contribution in [2.24, 2.45) is 0 Å². The van der Waals surface area contributed by atoms with Gasteiger partial charge in [-0.1, -0.05) is 42.5 Å². The number of hydrogen-bond donors (Lipinski definition) is 2. The average molecular weight is 393 g/mol. The second kappa shape index (κ2) is 7.90. The highest BCUT2D eigenvalue weighted by Gasteiger charge is 2.22. The Morgan fingerprint density at radius 1 is 1.14 bits per heavy atom. The van der Waals surface area contributed by atoms with E-state index in [0.29, 0.717) is 34.7 Å². The Morgan fingerprint density at radius 2 is 1.89 bits per heavy atom. The third-order valence-electron chi connectivity index (χ3n) is 4.47. The zero-order valence-electron chi connectivity index (χ0n) is 15.3. The lowest BCUT2D eigenvalue weighted by Crippen LogP contribution is -2.30. The number of para-hydroxylation sites is 1. The molecule has 0 amide bonds. The van der Waals surface area contributed by atoms with Crippen molar-refractivity contribution in [3.63, 3.8) is 0 Å². The topological polar surface area (TPSA) is 88.3 Å². The van der Waals surface area contributed by atoms with Gasteiger partial charge in [-0.25, -0.2) is 14.8 Å². The highest BCUT2D eigenvalue weighted by Crippen LogP contribution is 2.33. The average Bonchev–Trinajstić information content (AvgIpc) is 3.10. The molecule has 4 rings (SSSR count). The summed E-state index contributed by atoms with van der Waals surface area (Å²) in [6, 6.07) is 16.5. The van der Waals surface area contributed by atoms with Gasteiger partial charge in [0.25, 0.3) is 0 Å². The summed E-state index contributed by atoms with van der Waals surface area (Å²) in [5.41, 5.74) is 2.68. The second-order valence-corrected chi connectivity index (χ2v) is 7.34. The molecule has 0 bridgehead atoms. The molecule has 2 aromatic carbocycles. The van der Waals surface area contributed by atoms with Crippen LogP contribution in [0.2, 0.25) is 0 Å². The largest absolute Gasteiger partial charge is 0.480 e. The van der Waals surface area contributed by atoms with E-state index in [0.717, 1.165) is 16.7 Å². The Labute approximate surface area is 166 Å². The van der Waals surface area contributed by atoms with Crippen LogP contribution in [0.5, 0.6) is 0 Å². The zero-order chi connectivity index (χ0) is 19.5. The van der Waals surface area contributed by atoms with Crippen molar-refractivity contribution in [2.45, 2.75) is 12.5 Å². The summed E-state index contributed by atoms with van der Waals surface area (Å²) in [4.78, 5) is 21.0. The summed E-state index contributed by atoms with van der Waals surface area (Å²) in [6.07, 6.45) is 2.43. The van der Waals surface area contributed by atoms with Gasteiger partial charge < -0.3 is 14.8 Å². The number of rotatable bonds is 7. The van der Waals surface area contributed by atoms with E-state index >= 15 is 0 Å². The van der Waals surface area contributed by atoms with Gasteiger partial charge >= 0.3 is 5.97 Å². The molecule has 0 aliphatic rings. The summed E-state index contributed by atoms with van der Waals surface area (Å²) in [7, 11) is 0. The molecule has 0 unspecified atom stereocenters. The standard InChI is InChI=1S/C21H19N3O3S/c1-28-12-11-15(21(25)26)22-20-18-17(14-9-5-6-10-16(14)27-18)23-19(24-20)13-7-3-2-4-8-13/h2-10,15H,11-12H2,1H3,(H,25,26)(H,22,23,24)/t15-/m0/s1. The molecular formula is C21H19N3O3S. The quantitative estimate of drug-likeness (QED) is 0.472. The van der Waals surface area contributed by atoms with E-state index in [1.54, 1.807) is 11.8 Å². The smallest absolute Gasteiger partial charge is 0.326 e. The zero-order valence-corrected chi connectivity index (χ0v) is 16.1. The predicted octanol–water partition coefficient (Wildman–Crippen LogP) is 4.66. The van der Waals surface area contributed by atoms with Gasteiger partial charge in [0, 0.05) is 10.9 Å². The number of nitrogens with zero attached hydrogens (tertiary/aromatic N) is 2. The van der Waals surface area contributed by atoms with E-state index in [1.165, 1.54) is 0 Å². The first-order valence-corrected chi connectivity index (χ1v) is 10.3. The molecule has 4 aromatic rings. The Kier molecular flexibility index (Phi) is 5.16. The van der Waals surface area contributed by atoms with Crippen LogP contribution in [0.1, 0.15) is 6.42 Å². The van der Waals surface area contributed by atoms with Crippen molar-refractivity contribution in [1.29, 1.82) is 0 Å². The molecule has 0 spiro atoms. The van der Waals surface area contributed by atoms with Crippen LogP contribution in [0.3, 0.4) is 0 Å². The first-order chi connectivity index (χ1) is 13.7. The fourth-order valence-electron chi connectivity index (χ4n) is 3.06. The van der Waals surface area contributed by atoms with Crippen LogP contribution in [-0.4, -0.2) is 39.1 Å². The second-order valence-electron chi connectivity index (χ2n) is 6.35. The number of fused-ring (bicyclic) bond motifs is 3. The van der Waals surface area contributed by atoms with Crippen LogP contribution >= 0.6 is 11.8 Å². The molecule has 0 saturated heterocycles. The van der Waals surface area contributed by atoms with Crippen LogP contribution in [0, 0.1) is 0 Å². The van der Waals surface area contributed by atoms with E-state index < -0.39 is 12.0 Å². The first-order valence-electron chi connectivity index (χ1n) is 8.90. The van der Waals surface area contributed by atoms with Crippen LogP contribution in [0.4, 0.5) is 5.82 Å². The number of benzene rings is 2. The fourth-order valence-corrected chi connectivity index (χ4v) is 3.53. The van der Waals surface area contributed by atoms with Crippen molar-refractivity contribution in [1.82, 2.24) is 9.97 Å². The summed E-state index contributed by atoms with van der Waals surface area (Å²) in [5.74, 6) is 0.729. The molecule has 0 saturated carbocycles. The van der Waals surface area contributed by atoms with Gasteiger partial charge in [0.15, 0.2) is 17.2 Å². The van der Waals surface area contributed by atoms with E-state index in [4.69, 9.17) is 9.40 Å². The maximum Gasteiger partial charge on any atom is 0.326 e. The highest BCUT2D eigenvalue weighted by atomic mass is 32.2. The molecule has 0 aliphatic carbocycles. The number of thioether (sulfide) groups is 1. The highest BCUT2D eigenvalue weighted by molar-refractivity contribution is 7.98. The molecule has 28 heavy (non-hydrogen) atoms. The summed E-state index contributed by atoms with van der Waals surface area (Å²) in [6.45, 7) is 0. The van der Waals surface area contributed by atoms with Crippen molar-refractivity contribution >= 4 is 45.6 Å². The maximum atomic E-state index is 11.7. The van der Waals surface area contributed by atoms with Crippen LogP contribution < -0.4 is 5.32 Å². The third-order valence-corrected chi connectivity index (χ3v) is 5.12. The lowest BCUT2D eigenvalue weighted by Gasteiger charge is -2.15. The number of carboxylic acid groups (broad SMARTS) is 1. The molecule has 0 radical (unpaired) electrons. The maximum absolute atomic E-state index is 11.7. The molecule has 2 N–H and O–H groups in total. The Bertz CT molecular complexity index is 1130. The van der Waals surface area contributed by atoms with Crippen molar-refractivity contribution in [3.8, 4) is 11.4 Å². The molecule has 0 aliphatic heterocycles. The monoisotopic (exact) mass is 393 g/mol. The lowest BCUT2D eigenvalue weighted by molar-refractivity contribution is -0.137. The summed E-state index contributed by atoms with van der Waals surface area (Å²) in [5, 5.41) is 13.6. The fraction of sp³-hybridized carbons (Fsp3) is 0.190. The third kappa shape index (κ3) is 3.53. The number of aromatic nitrogens is 2. The minimum atomic E-state index is -0.918. The number of hydrogen-bond acceptors (Lipinski definition) is 6. The van der Waals surface area contributed by atoms with Gasteiger partial charge in [0.05, 0.1) is 0 Å². The molecule has 0 fully saturated rings. The van der Waals surface area contributed by atoms with Crippen molar-refractivity contribution < 1.29 is 14.3 Å². The molecule has 6 nitrogen and oxygen atoms in total. The van der Waals surface area contributed by atoms with Gasteiger partial charge in [-0.15, -0.1) is 0 Å². The van der Waals surface area contributed by atoms with Gasteiger partial charge in [-0.3, -0.25) is 0 Å². The van der Waals surface area contributed by atoms with Crippen LogP contribution in [0.15, 0.2) is 59.0 Å². The number of anilines is 1. The molecule has 2 heterocycles. The first kappa shape index (κ1) is 18.3. The summed E-state index contributed by atoms with van der Waals surface area (Å²) < 4.78 is 5.97. The number of nitrogens with one attached hydrogen (secondary N) is 1. The Balaban J connectivity index is 1.88. The van der Waals surface area contributed by atoms with E-state index in [-0.39, 0.29) is 0 Å². The lowest BCUT2D eigenvalue weighted by atomic mass is 10.2. The van der Waals surface area contributed by atoms with Crippen molar-refractivity contribution in [3.05, 3.63) is 54.6 Å². The van der Waals surface area contributed by atoms with Gasteiger partial charge in [-0.05, 0) is 30.6 Å². The van der Waals surface area contributed by atoms with Crippen LogP contribution in [-0.2, 0) is 4.79 Å². The Morgan fingerprint density at radius 3 is 2.64 bits per heavy atom. The minimum absolute atomic E-state index is 0.397. The van der Waals surface area contributed by atoms with E-state index in [1.807, 2.05) is 60.9 Å². The van der Waals surface area contributed by atoms with Crippen LogP contribution in [0.25, 0.3) is 33.5 Å².